The molecule has 1 aromatic carbocycles. The normalized spacial score (nSPS) is 19.8. The maximum atomic E-state index is 13.0. The highest BCUT2D eigenvalue weighted by Crippen LogP contribution is 2.33. The Hall–Kier alpha value is -2.28. The van der Waals surface area contributed by atoms with E-state index in [9.17, 15) is 9.18 Å². The summed E-state index contributed by atoms with van der Waals surface area (Å²) in [7, 11) is 0. The Kier molecular flexibility index (Phi) is 3.80. The highest BCUT2D eigenvalue weighted by Gasteiger charge is 2.33. The fourth-order valence-electron chi connectivity index (χ4n) is 3.03. The molecule has 6 nitrogen and oxygen atoms in total. The van der Waals surface area contributed by atoms with Crippen LogP contribution in [-0.2, 0) is 0 Å². The van der Waals surface area contributed by atoms with Gasteiger partial charge in [-0.3, -0.25) is 9.69 Å². The Labute approximate surface area is 139 Å². The van der Waals surface area contributed by atoms with Crippen LogP contribution in [0.25, 0.3) is 0 Å². The van der Waals surface area contributed by atoms with Crippen molar-refractivity contribution in [3.05, 3.63) is 47.5 Å². The van der Waals surface area contributed by atoms with E-state index in [4.69, 9.17) is 0 Å². The molecule has 2 aliphatic rings. The second kappa shape index (κ2) is 5.98. The average molecular weight is 329 g/mol. The predicted molar refractivity (Wildman–Crippen MR) is 85.9 cm³/mol. The number of halogens is 1. The number of carbonyl (C=O) groups is 1. The molecule has 2 fully saturated rings. The molecule has 126 valence electrons. The van der Waals surface area contributed by atoms with Gasteiger partial charge in [-0.05, 0) is 37.5 Å². The minimum absolute atomic E-state index is 0.117. The van der Waals surface area contributed by atoms with Gasteiger partial charge in [0.05, 0.1) is 18.3 Å². The van der Waals surface area contributed by atoms with Crippen molar-refractivity contribution in [1.29, 1.82) is 0 Å². The Morgan fingerprint density at radius 3 is 2.67 bits per heavy atom. The van der Waals surface area contributed by atoms with Gasteiger partial charge in [0.25, 0.3) is 5.91 Å². The Morgan fingerprint density at radius 2 is 2.00 bits per heavy atom. The van der Waals surface area contributed by atoms with E-state index in [1.54, 1.807) is 10.9 Å². The van der Waals surface area contributed by atoms with Gasteiger partial charge in [0, 0.05) is 19.1 Å². The van der Waals surface area contributed by atoms with Gasteiger partial charge in [0.1, 0.15) is 5.82 Å². The molecule has 2 aromatic rings. The lowest BCUT2D eigenvalue weighted by Crippen LogP contribution is -2.59. The van der Waals surface area contributed by atoms with Crippen molar-refractivity contribution in [3.8, 4) is 0 Å². The molecule has 1 aliphatic heterocycles. The van der Waals surface area contributed by atoms with Crippen molar-refractivity contribution in [2.24, 2.45) is 0 Å². The van der Waals surface area contributed by atoms with E-state index in [0.29, 0.717) is 11.7 Å². The molecule has 1 saturated carbocycles. The third-order valence-corrected chi connectivity index (χ3v) is 4.81. The second-order valence-electron chi connectivity index (χ2n) is 6.67. The van der Waals surface area contributed by atoms with Crippen molar-refractivity contribution in [3.63, 3.8) is 0 Å². The van der Waals surface area contributed by atoms with E-state index in [1.807, 2.05) is 12.1 Å². The van der Waals surface area contributed by atoms with Gasteiger partial charge in [-0.25, -0.2) is 9.07 Å². The highest BCUT2D eigenvalue weighted by molar-refractivity contribution is 5.92. The van der Waals surface area contributed by atoms with Crippen LogP contribution in [0.4, 0.5) is 4.39 Å². The Bertz CT molecular complexity index is 734. The first-order chi connectivity index (χ1) is 11.6. The van der Waals surface area contributed by atoms with E-state index in [-0.39, 0.29) is 23.8 Å². The quantitative estimate of drug-likeness (QED) is 0.910. The van der Waals surface area contributed by atoms with E-state index < -0.39 is 0 Å². The van der Waals surface area contributed by atoms with Crippen LogP contribution in [0.2, 0.25) is 0 Å². The van der Waals surface area contributed by atoms with Gasteiger partial charge in [-0.1, -0.05) is 17.3 Å². The molecule has 1 amide bonds. The molecule has 1 N–H and O–H groups in total. The molecule has 0 radical (unpaired) electrons. The summed E-state index contributed by atoms with van der Waals surface area (Å²) in [6.45, 7) is 3.65. The SMILES string of the molecule is CC(c1ccc(F)cc1)N1CC(NC(=O)c2cn(C3CC3)nn2)C1. The molecule has 1 aliphatic carbocycles. The van der Waals surface area contributed by atoms with Crippen LogP contribution in [0, 0.1) is 5.82 Å². The molecule has 2 heterocycles. The molecule has 4 rings (SSSR count). The molecule has 7 heteroatoms. The number of hydrogen-bond donors (Lipinski definition) is 1. The zero-order valence-electron chi connectivity index (χ0n) is 13.5. The van der Waals surface area contributed by atoms with Crippen molar-refractivity contribution in [2.75, 3.05) is 13.1 Å². The minimum atomic E-state index is -0.223. The van der Waals surface area contributed by atoms with Gasteiger partial charge < -0.3 is 5.32 Å². The van der Waals surface area contributed by atoms with Crippen LogP contribution < -0.4 is 5.32 Å². The molecule has 24 heavy (non-hydrogen) atoms. The lowest BCUT2D eigenvalue weighted by atomic mass is 10.0. The maximum Gasteiger partial charge on any atom is 0.273 e. The molecular weight excluding hydrogens is 309 g/mol. The highest BCUT2D eigenvalue weighted by atomic mass is 19.1. The topological polar surface area (TPSA) is 63.1 Å². The van der Waals surface area contributed by atoms with Gasteiger partial charge >= 0.3 is 0 Å². The van der Waals surface area contributed by atoms with E-state index in [2.05, 4.69) is 27.5 Å². The molecule has 0 spiro atoms. The molecule has 1 saturated heterocycles. The first-order valence-electron chi connectivity index (χ1n) is 8.32. The lowest BCUT2D eigenvalue weighted by molar-refractivity contribution is 0.0672. The summed E-state index contributed by atoms with van der Waals surface area (Å²) in [5.41, 5.74) is 1.46. The molecule has 1 aromatic heterocycles. The number of nitrogens with one attached hydrogen (secondary N) is 1. The molecular formula is C17H20FN5O. The van der Waals surface area contributed by atoms with Gasteiger partial charge in [-0.2, -0.15) is 0 Å². The van der Waals surface area contributed by atoms with Gasteiger partial charge in [0.15, 0.2) is 5.69 Å². The summed E-state index contributed by atoms with van der Waals surface area (Å²) in [6, 6.07) is 7.32. The molecule has 1 unspecified atom stereocenters. The summed E-state index contributed by atoms with van der Waals surface area (Å²) in [5, 5.41) is 11.0. The number of rotatable bonds is 5. The maximum absolute atomic E-state index is 13.0. The number of benzene rings is 1. The van der Waals surface area contributed by atoms with E-state index in [1.165, 1.54) is 12.1 Å². The smallest absolute Gasteiger partial charge is 0.273 e. The largest absolute Gasteiger partial charge is 0.345 e. The Balaban J connectivity index is 1.29. The lowest BCUT2D eigenvalue weighted by Gasteiger charge is -2.43. The fraction of sp³-hybridized carbons (Fsp3) is 0.471. The molecule has 0 bridgehead atoms. The Morgan fingerprint density at radius 1 is 1.29 bits per heavy atom. The summed E-state index contributed by atoms with van der Waals surface area (Å²) in [5.74, 6) is -0.389. The number of aromatic nitrogens is 3. The standard InChI is InChI=1S/C17H20FN5O/c1-11(12-2-4-13(18)5-3-12)22-8-14(9-22)19-17(24)16-10-23(21-20-16)15-6-7-15/h2-5,10-11,14-15H,6-9H2,1H3,(H,19,24). The van der Waals surface area contributed by atoms with Crippen LogP contribution in [0.1, 0.15) is 47.9 Å². The van der Waals surface area contributed by atoms with Gasteiger partial charge in [-0.15, -0.1) is 5.10 Å². The van der Waals surface area contributed by atoms with Crippen molar-refractivity contribution in [1.82, 2.24) is 25.2 Å². The van der Waals surface area contributed by atoms with Crippen LogP contribution in [0.15, 0.2) is 30.5 Å². The van der Waals surface area contributed by atoms with Gasteiger partial charge in [0.2, 0.25) is 0 Å². The molecule has 1 atom stereocenters. The third kappa shape index (κ3) is 3.03. The number of hydrogen-bond acceptors (Lipinski definition) is 4. The first-order valence-corrected chi connectivity index (χ1v) is 8.32. The summed E-state index contributed by atoms with van der Waals surface area (Å²) < 4.78 is 14.8. The second-order valence-corrected chi connectivity index (χ2v) is 6.67. The van der Waals surface area contributed by atoms with Crippen LogP contribution in [0.3, 0.4) is 0 Å². The van der Waals surface area contributed by atoms with Crippen LogP contribution in [0.5, 0.6) is 0 Å². The average Bonchev–Trinajstić information content (AvgIpc) is 3.27. The third-order valence-electron chi connectivity index (χ3n) is 4.81. The van der Waals surface area contributed by atoms with Crippen molar-refractivity contribution < 1.29 is 9.18 Å². The first kappa shape index (κ1) is 15.3. The number of likely N-dealkylation sites (tertiary alicyclic amines) is 1. The predicted octanol–water partition coefficient (Wildman–Crippen LogP) is 1.93. The van der Waals surface area contributed by atoms with Crippen molar-refractivity contribution in [2.45, 2.75) is 37.9 Å². The summed E-state index contributed by atoms with van der Waals surface area (Å²) in [4.78, 5) is 14.5. The van der Waals surface area contributed by atoms with Crippen LogP contribution >= 0.6 is 0 Å². The zero-order chi connectivity index (χ0) is 16.7. The fourth-order valence-corrected chi connectivity index (χ4v) is 3.03. The summed E-state index contributed by atoms with van der Waals surface area (Å²) in [6.07, 6.45) is 3.96. The monoisotopic (exact) mass is 329 g/mol. The van der Waals surface area contributed by atoms with Crippen LogP contribution in [-0.4, -0.2) is 44.9 Å². The van der Waals surface area contributed by atoms with E-state index >= 15 is 0 Å². The van der Waals surface area contributed by atoms with E-state index in [0.717, 1.165) is 31.5 Å². The number of nitrogens with zero attached hydrogens (tertiary/aromatic N) is 4. The minimum Gasteiger partial charge on any atom is -0.345 e. The zero-order valence-corrected chi connectivity index (χ0v) is 13.5. The summed E-state index contributed by atoms with van der Waals surface area (Å²) >= 11 is 0. The van der Waals surface area contributed by atoms with Crippen molar-refractivity contribution >= 4 is 5.91 Å². The number of carbonyl (C=O) groups excluding carboxylic acids is 1. The number of amides is 1.